The van der Waals surface area contributed by atoms with Gasteiger partial charge in [-0.25, -0.2) is 4.39 Å². The van der Waals surface area contributed by atoms with E-state index in [1.165, 1.54) is 25.1 Å². The first kappa shape index (κ1) is 17.0. The van der Waals surface area contributed by atoms with Gasteiger partial charge in [-0.1, -0.05) is 29.8 Å². The van der Waals surface area contributed by atoms with Crippen molar-refractivity contribution in [3.05, 3.63) is 64.9 Å². The molecule has 0 heterocycles. The second kappa shape index (κ2) is 7.74. The van der Waals surface area contributed by atoms with Crippen molar-refractivity contribution in [1.29, 1.82) is 0 Å². The smallest absolute Gasteiger partial charge is 0.311 e. The van der Waals surface area contributed by atoms with Crippen LogP contribution in [0.1, 0.15) is 12.5 Å². The number of hydrogen-bond donors (Lipinski definition) is 1. The van der Waals surface area contributed by atoms with Crippen molar-refractivity contribution >= 4 is 29.2 Å². The predicted molar refractivity (Wildman–Crippen MR) is 85.7 cm³/mol. The van der Waals surface area contributed by atoms with Crippen LogP contribution in [0.4, 0.5) is 10.1 Å². The van der Waals surface area contributed by atoms with Crippen LogP contribution in [0.25, 0.3) is 0 Å². The highest BCUT2D eigenvalue weighted by Gasteiger charge is 2.19. The lowest BCUT2D eigenvalue weighted by molar-refractivity contribution is -0.152. The third-order valence-corrected chi connectivity index (χ3v) is 3.33. The molecule has 2 aromatic rings. The molecule has 1 amide bonds. The van der Waals surface area contributed by atoms with E-state index in [4.69, 9.17) is 16.3 Å². The monoisotopic (exact) mass is 335 g/mol. The van der Waals surface area contributed by atoms with E-state index in [-0.39, 0.29) is 12.0 Å². The molecule has 120 valence electrons. The molecule has 6 heteroatoms. The van der Waals surface area contributed by atoms with Crippen molar-refractivity contribution in [3.8, 4) is 0 Å². The summed E-state index contributed by atoms with van der Waals surface area (Å²) in [5, 5.41) is 3.15. The normalized spacial score (nSPS) is 11.6. The molecular formula is C17H15ClFNO3. The third-order valence-electron chi connectivity index (χ3n) is 3.08. The minimum Gasteiger partial charge on any atom is -0.452 e. The maximum absolute atomic E-state index is 13.5. The lowest BCUT2D eigenvalue weighted by atomic mass is 10.1. The second-order valence-corrected chi connectivity index (χ2v) is 5.33. The minimum absolute atomic E-state index is 0.225. The Morgan fingerprint density at radius 2 is 1.83 bits per heavy atom. The molecule has 0 aliphatic heterocycles. The molecule has 0 aromatic heterocycles. The van der Waals surface area contributed by atoms with E-state index in [1.54, 1.807) is 30.3 Å². The molecule has 2 aromatic carbocycles. The van der Waals surface area contributed by atoms with Gasteiger partial charge in [0.15, 0.2) is 6.10 Å². The van der Waals surface area contributed by atoms with E-state index in [0.29, 0.717) is 10.7 Å². The molecule has 1 atom stereocenters. The van der Waals surface area contributed by atoms with Crippen molar-refractivity contribution in [2.24, 2.45) is 0 Å². The van der Waals surface area contributed by atoms with Crippen molar-refractivity contribution in [2.75, 3.05) is 5.32 Å². The fraction of sp³-hybridized carbons (Fsp3) is 0.176. The van der Waals surface area contributed by atoms with Crippen molar-refractivity contribution in [3.63, 3.8) is 0 Å². The second-order valence-electron chi connectivity index (χ2n) is 4.90. The summed E-state index contributed by atoms with van der Waals surface area (Å²) in [5.74, 6) is -1.63. The summed E-state index contributed by atoms with van der Waals surface area (Å²) < 4.78 is 18.5. The SMILES string of the molecule is C[C@@H](OC(=O)Cc1ccccc1F)C(=O)Nc1ccc(Cl)cc1. The Kier molecular flexibility index (Phi) is 5.71. The highest BCUT2D eigenvalue weighted by Crippen LogP contribution is 2.14. The zero-order chi connectivity index (χ0) is 16.8. The Morgan fingerprint density at radius 3 is 2.48 bits per heavy atom. The molecule has 2 rings (SSSR count). The number of amides is 1. The summed E-state index contributed by atoms with van der Waals surface area (Å²) >= 11 is 5.76. The van der Waals surface area contributed by atoms with E-state index >= 15 is 0 Å². The van der Waals surface area contributed by atoms with Crippen molar-refractivity contribution in [2.45, 2.75) is 19.4 Å². The van der Waals surface area contributed by atoms with Crippen LogP contribution < -0.4 is 5.32 Å². The molecular weight excluding hydrogens is 321 g/mol. The number of ether oxygens (including phenoxy) is 1. The average Bonchev–Trinajstić information content (AvgIpc) is 2.51. The van der Waals surface area contributed by atoms with Crippen LogP contribution in [-0.4, -0.2) is 18.0 Å². The summed E-state index contributed by atoms with van der Waals surface area (Å²) in [6.45, 7) is 1.45. The van der Waals surface area contributed by atoms with Crippen molar-refractivity contribution < 1.29 is 18.7 Å². The first-order chi connectivity index (χ1) is 11.0. The Bertz CT molecular complexity index is 703. The molecule has 0 saturated heterocycles. The first-order valence-corrected chi connectivity index (χ1v) is 7.33. The van der Waals surface area contributed by atoms with E-state index in [0.717, 1.165) is 0 Å². The number of esters is 1. The zero-order valence-corrected chi connectivity index (χ0v) is 13.1. The van der Waals surface area contributed by atoms with Gasteiger partial charge in [0.1, 0.15) is 5.82 Å². The Balaban J connectivity index is 1.89. The van der Waals surface area contributed by atoms with E-state index in [2.05, 4.69) is 5.32 Å². The van der Waals surface area contributed by atoms with Gasteiger partial charge in [-0.05, 0) is 42.8 Å². The largest absolute Gasteiger partial charge is 0.452 e. The molecule has 0 unspecified atom stereocenters. The van der Waals surface area contributed by atoms with Gasteiger partial charge < -0.3 is 10.1 Å². The summed E-state index contributed by atoms with van der Waals surface area (Å²) in [6.07, 6.45) is -1.23. The van der Waals surface area contributed by atoms with E-state index in [1.807, 2.05) is 0 Å². The number of nitrogens with one attached hydrogen (secondary N) is 1. The van der Waals surface area contributed by atoms with Gasteiger partial charge in [0.2, 0.25) is 0 Å². The molecule has 0 spiro atoms. The highest BCUT2D eigenvalue weighted by molar-refractivity contribution is 6.30. The number of halogens is 2. The van der Waals surface area contributed by atoms with Crippen LogP contribution in [0.2, 0.25) is 5.02 Å². The summed E-state index contributed by atoms with van der Waals surface area (Å²) in [7, 11) is 0. The number of hydrogen-bond acceptors (Lipinski definition) is 3. The standard InChI is InChI=1S/C17H15ClFNO3/c1-11(17(22)20-14-8-6-13(18)7-9-14)23-16(21)10-12-4-2-3-5-15(12)19/h2-9,11H,10H2,1H3,(H,20,22)/t11-/m1/s1. The van der Waals surface area contributed by atoms with E-state index in [9.17, 15) is 14.0 Å². The third kappa shape index (κ3) is 5.07. The van der Waals surface area contributed by atoms with Gasteiger partial charge in [0.25, 0.3) is 5.91 Å². The number of benzene rings is 2. The summed E-state index contributed by atoms with van der Waals surface area (Å²) in [6, 6.07) is 12.4. The van der Waals surface area contributed by atoms with Gasteiger partial charge in [0, 0.05) is 10.7 Å². The number of carbonyl (C=O) groups excluding carboxylic acids is 2. The molecule has 4 nitrogen and oxygen atoms in total. The summed E-state index contributed by atoms with van der Waals surface area (Å²) in [4.78, 5) is 23.7. The Hall–Kier alpha value is -2.40. The van der Waals surface area contributed by atoms with Crippen LogP contribution in [0, 0.1) is 5.82 Å². The summed E-state index contributed by atoms with van der Waals surface area (Å²) in [5.41, 5.74) is 0.763. The highest BCUT2D eigenvalue weighted by atomic mass is 35.5. The molecule has 0 bridgehead atoms. The Labute approximate surface area is 138 Å². The molecule has 23 heavy (non-hydrogen) atoms. The minimum atomic E-state index is -0.995. The maximum atomic E-state index is 13.5. The topological polar surface area (TPSA) is 55.4 Å². The lowest BCUT2D eigenvalue weighted by Crippen LogP contribution is -2.30. The maximum Gasteiger partial charge on any atom is 0.311 e. The quantitative estimate of drug-likeness (QED) is 0.849. The van der Waals surface area contributed by atoms with Crippen LogP contribution in [0.15, 0.2) is 48.5 Å². The average molecular weight is 336 g/mol. The molecule has 0 aliphatic carbocycles. The van der Waals surface area contributed by atoms with Gasteiger partial charge in [0.05, 0.1) is 6.42 Å². The van der Waals surface area contributed by atoms with Crippen LogP contribution >= 0.6 is 11.6 Å². The van der Waals surface area contributed by atoms with Crippen LogP contribution in [-0.2, 0) is 20.7 Å². The fourth-order valence-corrected chi connectivity index (χ4v) is 1.99. The van der Waals surface area contributed by atoms with Gasteiger partial charge >= 0.3 is 5.97 Å². The van der Waals surface area contributed by atoms with Crippen molar-refractivity contribution in [1.82, 2.24) is 0 Å². The molecule has 0 radical (unpaired) electrons. The Morgan fingerprint density at radius 1 is 1.17 bits per heavy atom. The van der Waals surface area contributed by atoms with Gasteiger partial charge in [-0.15, -0.1) is 0 Å². The van der Waals surface area contributed by atoms with Gasteiger partial charge in [-0.2, -0.15) is 0 Å². The number of rotatable bonds is 5. The molecule has 0 fully saturated rings. The zero-order valence-electron chi connectivity index (χ0n) is 12.4. The fourth-order valence-electron chi connectivity index (χ4n) is 1.87. The first-order valence-electron chi connectivity index (χ1n) is 6.95. The van der Waals surface area contributed by atoms with Crippen LogP contribution in [0.5, 0.6) is 0 Å². The number of anilines is 1. The lowest BCUT2D eigenvalue weighted by Gasteiger charge is -2.13. The molecule has 0 aliphatic rings. The number of carbonyl (C=O) groups is 2. The van der Waals surface area contributed by atoms with E-state index < -0.39 is 23.8 Å². The van der Waals surface area contributed by atoms with Crippen LogP contribution in [0.3, 0.4) is 0 Å². The molecule has 1 N–H and O–H groups in total. The molecule has 0 saturated carbocycles. The predicted octanol–water partition coefficient (Wildman–Crippen LogP) is 3.59. The van der Waals surface area contributed by atoms with Gasteiger partial charge in [-0.3, -0.25) is 9.59 Å².